The van der Waals surface area contributed by atoms with E-state index in [0.29, 0.717) is 40.7 Å². The van der Waals surface area contributed by atoms with Crippen LogP contribution in [-0.2, 0) is 11.3 Å². The number of nitrogens with zero attached hydrogens (tertiary/aromatic N) is 2. The molecule has 0 saturated carbocycles. The molecule has 6 nitrogen and oxygen atoms in total. The Kier molecular flexibility index (Phi) is 4.18. The molecule has 3 heterocycles. The fourth-order valence-corrected chi connectivity index (χ4v) is 2.52. The lowest BCUT2D eigenvalue weighted by atomic mass is 10.0. The molecule has 2 aromatic rings. The molecule has 1 saturated heterocycles. The lowest BCUT2D eigenvalue weighted by Gasteiger charge is -2.17. The van der Waals surface area contributed by atoms with Crippen LogP contribution in [0.5, 0.6) is 0 Å². The van der Waals surface area contributed by atoms with Crippen LogP contribution in [0, 0.1) is 5.92 Å². The second kappa shape index (κ2) is 6.07. The molecule has 0 amide bonds. The van der Waals surface area contributed by atoms with Gasteiger partial charge in [0, 0.05) is 12.6 Å². The quantitative estimate of drug-likeness (QED) is 0.900. The van der Waals surface area contributed by atoms with Gasteiger partial charge in [-0.15, -0.1) is 10.2 Å². The molecule has 2 atom stereocenters. The molecule has 0 unspecified atom stereocenters. The number of aromatic nitrogens is 2. The fourth-order valence-electron chi connectivity index (χ4n) is 2.22. The van der Waals surface area contributed by atoms with Crippen LogP contribution >= 0.6 is 15.9 Å². The van der Waals surface area contributed by atoms with Crippen molar-refractivity contribution in [3.05, 3.63) is 22.7 Å². The Hall–Kier alpha value is -1.18. The molecule has 0 radical (unpaired) electrons. The van der Waals surface area contributed by atoms with Gasteiger partial charge in [0.25, 0.3) is 5.89 Å². The Morgan fingerprint density at radius 1 is 1.40 bits per heavy atom. The summed E-state index contributed by atoms with van der Waals surface area (Å²) in [5.74, 6) is 2.06. The highest BCUT2D eigenvalue weighted by Crippen LogP contribution is 2.24. The van der Waals surface area contributed by atoms with Gasteiger partial charge in [-0.05, 0) is 47.3 Å². The maximum atomic E-state index is 5.57. The lowest BCUT2D eigenvalue weighted by Crippen LogP contribution is -2.33. The van der Waals surface area contributed by atoms with E-state index in [-0.39, 0.29) is 0 Å². The van der Waals surface area contributed by atoms with Crippen LogP contribution < -0.4 is 5.32 Å². The number of hydrogen-bond donors (Lipinski definition) is 1. The summed E-state index contributed by atoms with van der Waals surface area (Å²) < 4.78 is 17.0. The average Bonchev–Trinajstić information content (AvgIpc) is 3.16. The summed E-state index contributed by atoms with van der Waals surface area (Å²) in [6.07, 6.45) is 1.10. The highest BCUT2D eigenvalue weighted by Gasteiger charge is 2.22. The molecule has 1 fully saturated rings. The summed E-state index contributed by atoms with van der Waals surface area (Å²) >= 11 is 3.24. The second-order valence-corrected chi connectivity index (χ2v) is 5.68. The maximum Gasteiger partial charge on any atom is 0.283 e. The van der Waals surface area contributed by atoms with E-state index in [9.17, 15) is 0 Å². The van der Waals surface area contributed by atoms with Crippen molar-refractivity contribution in [3.63, 3.8) is 0 Å². The van der Waals surface area contributed by atoms with E-state index < -0.39 is 0 Å². The molecule has 2 aromatic heterocycles. The minimum Gasteiger partial charge on any atom is -0.444 e. The molecular weight excluding hydrogens is 326 g/mol. The van der Waals surface area contributed by atoms with Crippen LogP contribution in [0.15, 0.2) is 25.6 Å². The average molecular weight is 342 g/mol. The van der Waals surface area contributed by atoms with Gasteiger partial charge in [0.2, 0.25) is 5.89 Å². The molecule has 3 rings (SSSR count). The molecule has 0 aromatic carbocycles. The van der Waals surface area contributed by atoms with Crippen LogP contribution in [0.3, 0.4) is 0 Å². The largest absolute Gasteiger partial charge is 0.444 e. The van der Waals surface area contributed by atoms with Crippen molar-refractivity contribution in [1.29, 1.82) is 0 Å². The third-order valence-corrected chi connectivity index (χ3v) is 3.92. The Bertz CT molecular complexity index is 563. The predicted molar refractivity (Wildman–Crippen MR) is 74.9 cm³/mol. The lowest BCUT2D eigenvalue weighted by molar-refractivity contribution is 0.177. The third kappa shape index (κ3) is 3.11. The van der Waals surface area contributed by atoms with Crippen molar-refractivity contribution in [2.75, 3.05) is 13.2 Å². The summed E-state index contributed by atoms with van der Waals surface area (Å²) in [4.78, 5) is 0. The van der Waals surface area contributed by atoms with Crippen molar-refractivity contribution >= 4 is 15.9 Å². The van der Waals surface area contributed by atoms with Gasteiger partial charge in [-0.25, -0.2) is 0 Å². The molecule has 1 N–H and O–H groups in total. The maximum absolute atomic E-state index is 5.57. The van der Waals surface area contributed by atoms with Crippen molar-refractivity contribution in [1.82, 2.24) is 15.5 Å². The Labute approximate surface area is 125 Å². The molecular formula is C13H16BrN3O3. The smallest absolute Gasteiger partial charge is 0.283 e. The number of rotatable bonds is 5. The zero-order chi connectivity index (χ0) is 13.9. The van der Waals surface area contributed by atoms with Gasteiger partial charge < -0.3 is 18.9 Å². The Morgan fingerprint density at radius 3 is 3.00 bits per heavy atom. The minimum atomic E-state index is 0.366. The van der Waals surface area contributed by atoms with Crippen LogP contribution in [0.1, 0.15) is 19.2 Å². The minimum absolute atomic E-state index is 0.366. The van der Waals surface area contributed by atoms with Gasteiger partial charge in [-0.3, -0.25) is 0 Å². The Balaban J connectivity index is 1.57. The third-order valence-electron chi connectivity index (χ3n) is 3.50. The van der Waals surface area contributed by atoms with Gasteiger partial charge in [0.05, 0.1) is 13.2 Å². The van der Waals surface area contributed by atoms with Gasteiger partial charge in [0.1, 0.15) is 0 Å². The Morgan fingerprint density at radius 2 is 2.30 bits per heavy atom. The zero-order valence-corrected chi connectivity index (χ0v) is 12.7. The van der Waals surface area contributed by atoms with E-state index in [1.807, 2.05) is 0 Å². The zero-order valence-electron chi connectivity index (χ0n) is 11.1. The SMILES string of the molecule is C[C@@H](NCc1nnc(-c2ccc(Br)o2)o1)[C@H]1CCOC1. The first kappa shape index (κ1) is 13.8. The van der Waals surface area contributed by atoms with Crippen molar-refractivity contribution in [2.24, 2.45) is 5.92 Å². The van der Waals surface area contributed by atoms with Crippen LogP contribution in [0.25, 0.3) is 11.7 Å². The molecule has 0 spiro atoms. The molecule has 20 heavy (non-hydrogen) atoms. The molecule has 0 bridgehead atoms. The standard InChI is InChI=1S/C13H16BrN3O3/c1-8(9-4-5-18-7-9)15-6-12-16-17-13(20-12)10-2-3-11(14)19-10/h2-3,8-9,15H,4-7H2,1H3/t8-,9+/m1/s1. The van der Waals surface area contributed by atoms with Gasteiger partial charge in [-0.2, -0.15) is 0 Å². The van der Waals surface area contributed by atoms with E-state index in [1.165, 1.54) is 0 Å². The highest BCUT2D eigenvalue weighted by molar-refractivity contribution is 9.10. The van der Waals surface area contributed by atoms with E-state index in [4.69, 9.17) is 13.6 Å². The van der Waals surface area contributed by atoms with E-state index >= 15 is 0 Å². The van der Waals surface area contributed by atoms with E-state index in [0.717, 1.165) is 19.6 Å². The predicted octanol–water partition coefficient (Wildman–Crippen LogP) is 2.61. The summed E-state index contributed by atoms with van der Waals surface area (Å²) in [5, 5.41) is 11.4. The number of hydrogen-bond acceptors (Lipinski definition) is 6. The van der Waals surface area contributed by atoms with Gasteiger partial charge in [-0.1, -0.05) is 0 Å². The molecule has 7 heteroatoms. The van der Waals surface area contributed by atoms with E-state index in [1.54, 1.807) is 12.1 Å². The first-order valence-electron chi connectivity index (χ1n) is 6.61. The fraction of sp³-hybridized carbons (Fsp3) is 0.538. The molecule has 108 valence electrons. The van der Waals surface area contributed by atoms with Crippen molar-refractivity contribution < 1.29 is 13.6 Å². The first-order chi connectivity index (χ1) is 9.72. The van der Waals surface area contributed by atoms with Crippen LogP contribution in [0.4, 0.5) is 0 Å². The normalized spacial score (nSPS) is 20.4. The monoisotopic (exact) mass is 341 g/mol. The molecule has 0 aliphatic carbocycles. The number of furan rings is 1. The second-order valence-electron chi connectivity index (χ2n) is 4.90. The first-order valence-corrected chi connectivity index (χ1v) is 7.41. The highest BCUT2D eigenvalue weighted by atomic mass is 79.9. The summed E-state index contributed by atoms with van der Waals surface area (Å²) in [6, 6.07) is 3.94. The van der Waals surface area contributed by atoms with Gasteiger partial charge >= 0.3 is 0 Å². The van der Waals surface area contributed by atoms with Crippen LogP contribution in [-0.4, -0.2) is 29.5 Å². The van der Waals surface area contributed by atoms with Crippen molar-refractivity contribution in [2.45, 2.75) is 25.9 Å². The molecule has 1 aliphatic heterocycles. The number of halogens is 1. The molecule has 1 aliphatic rings. The van der Waals surface area contributed by atoms with Gasteiger partial charge in [0.15, 0.2) is 10.4 Å². The van der Waals surface area contributed by atoms with E-state index in [2.05, 4.69) is 38.4 Å². The summed E-state index contributed by atoms with van der Waals surface area (Å²) in [5.41, 5.74) is 0. The summed E-state index contributed by atoms with van der Waals surface area (Å²) in [6.45, 7) is 4.38. The number of ether oxygens (including phenoxy) is 1. The topological polar surface area (TPSA) is 73.3 Å². The summed E-state index contributed by atoms with van der Waals surface area (Å²) in [7, 11) is 0. The van der Waals surface area contributed by atoms with Crippen LogP contribution in [0.2, 0.25) is 0 Å². The van der Waals surface area contributed by atoms with Crippen molar-refractivity contribution in [3.8, 4) is 11.7 Å². The number of nitrogens with one attached hydrogen (secondary N) is 1.